The molecule has 1 aromatic rings. The zero-order valence-electron chi connectivity index (χ0n) is 12.8. The van der Waals surface area contributed by atoms with Crippen LogP contribution in [0.4, 0.5) is 5.82 Å². The molecule has 2 rings (SSSR count). The van der Waals surface area contributed by atoms with Crippen molar-refractivity contribution in [3.05, 3.63) is 23.4 Å². The first kappa shape index (κ1) is 15.3. The number of aromatic nitrogens is 1. The monoisotopic (exact) mass is 278 g/mol. The summed E-state index contributed by atoms with van der Waals surface area (Å²) in [5.41, 5.74) is 1.99. The molecule has 4 nitrogen and oxygen atoms in total. The average Bonchev–Trinajstić information content (AvgIpc) is 2.47. The Bertz CT molecular complexity index is 428. The number of rotatable bonds is 5. The highest BCUT2D eigenvalue weighted by atomic mass is 16.5. The van der Waals surface area contributed by atoms with Crippen LogP contribution in [0.1, 0.15) is 43.9 Å². The van der Waals surface area contributed by atoms with E-state index in [1.54, 1.807) is 0 Å². The lowest BCUT2D eigenvalue weighted by Crippen LogP contribution is -2.30. The van der Waals surface area contributed by atoms with Gasteiger partial charge in [0.2, 0.25) is 0 Å². The van der Waals surface area contributed by atoms with E-state index in [1.807, 2.05) is 12.1 Å². The second-order valence-corrected chi connectivity index (χ2v) is 6.01. The van der Waals surface area contributed by atoms with Crippen LogP contribution in [0.25, 0.3) is 0 Å². The fourth-order valence-corrected chi connectivity index (χ4v) is 2.59. The molecule has 0 atom stereocenters. The number of anilines is 1. The zero-order valence-corrected chi connectivity index (χ0v) is 12.8. The molecule has 112 valence electrons. The largest absolute Gasteiger partial charge is 0.392 e. The first-order chi connectivity index (χ1) is 9.60. The molecule has 0 spiro atoms. The molecular weight excluding hydrogens is 252 g/mol. The minimum Gasteiger partial charge on any atom is -0.392 e. The van der Waals surface area contributed by atoms with Gasteiger partial charge >= 0.3 is 0 Å². The van der Waals surface area contributed by atoms with Crippen LogP contribution in [-0.4, -0.2) is 36.9 Å². The molecule has 0 radical (unpaired) electrons. The van der Waals surface area contributed by atoms with Gasteiger partial charge in [0.25, 0.3) is 0 Å². The molecule has 1 aliphatic rings. The van der Waals surface area contributed by atoms with E-state index in [2.05, 4.69) is 25.8 Å². The maximum Gasteiger partial charge on any atom is 0.128 e. The second-order valence-electron chi connectivity index (χ2n) is 6.01. The summed E-state index contributed by atoms with van der Waals surface area (Å²) in [6.07, 6.45) is 2.25. The number of hydrogen-bond donors (Lipinski definition) is 1. The van der Waals surface area contributed by atoms with Gasteiger partial charge in [0, 0.05) is 32.5 Å². The summed E-state index contributed by atoms with van der Waals surface area (Å²) < 4.78 is 5.41. The Morgan fingerprint density at radius 3 is 2.65 bits per heavy atom. The van der Waals surface area contributed by atoms with Gasteiger partial charge in [-0.25, -0.2) is 4.98 Å². The van der Waals surface area contributed by atoms with E-state index in [4.69, 9.17) is 9.72 Å². The summed E-state index contributed by atoms with van der Waals surface area (Å²) >= 11 is 0. The molecule has 1 fully saturated rings. The SMILES string of the molecule is CC(C)c1cc(CO)cc(N(C)CC2CCOCC2)n1. The molecule has 0 unspecified atom stereocenters. The van der Waals surface area contributed by atoms with Crippen molar-refractivity contribution in [3.63, 3.8) is 0 Å². The van der Waals surface area contributed by atoms with Gasteiger partial charge in [0.1, 0.15) is 5.82 Å². The van der Waals surface area contributed by atoms with Crippen LogP contribution in [0, 0.1) is 5.92 Å². The van der Waals surface area contributed by atoms with Gasteiger partial charge in [-0.3, -0.25) is 0 Å². The second kappa shape index (κ2) is 7.04. The molecule has 1 aliphatic heterocycles. The molecule has 2 heterocycles. The van der Waals surface area contributed by atoms with Crippen LogP contribution < -0.4 is 4.90 Å². The van der Waals surface area contributed by atoms with Gasteiger partial charge in [-0.1, -0.05) is 13.8 Å². The normalized spacial score (nSPS) is 16.6. The molecule has 0 aromatic carbocycles. The van der Waals surface area contributed by atoms with Crippen molar-refractivity contribution in [1.82, 2.24) is 4.98 Å². The summed E-state index contributed by atoms with van der Waals surface area (Å²) in [7, 11) is 2.09. The first-order valence-electron chi connectivity index (χ1n) is 7.50. The van der Waals surface area contributed by atoms with Gasteiger partial charge < -0.3 is 14.7 Å². The molecular formula is C16H26N2O2. The van der Waals surface area contributed by atoms with Crippen molar-refractivity contribution in [2.24, 2.45) is 5.92 Å². The summed E-state index contributed by atoms with van der Waals surface area (Å²) in [5, 5.41) is 9.41. The van der Waals surface area contributed by atoms with Gasteiger partial charge in [0.15, 0.2) is 0 Å². The topological polar surface area (TPSA) is 45.6 Å². The minimum atomic E-state index is 0.0698. The quantitative estimate of drug-likeness (QED) is 0.899. The summed E-state index contributed by atoms with van der Waals surface area (Å²) in [6, 6.07) is 3.99. The molecule has 1 N–H and O–H groups in total. The lowest BCUT2D eigenvalue weighted by molar-refractivity contribution is 0.0685. The number of hydrogen-bond acceptors (Lipinski definition) is 4. The van der Waals surface area contributed by atoms with Gasteiger partial charge in [-0.05, 0) is 42.4 Å². The fraction of sp³-hybridized carbons (Fsp3) is 0.688. The van der Waals surface area contributed by atoms with Crippen LogP contribution in [0.15, 0.2) is 12.1 Å². The van der Waals surface area contributed by atoms with E-state index < -0.39 is 0 Å². The van der Waals surface area contributed by atoms with Crippen LogP contribution in [0.2, 0.25) is 0 Å². The standard InChI is InChI=1S/C16H26N2O2/c1-12(2)15-8-14(11-19)9-16(17-15)18(3)10-13-4-6-20-7-5-13/h8-9,12-13,19H,4-7,10-11H2,1-3H3. The lowest BCUT2D eigenvalue weighted by atomic mass is 10.00. The molecule has 0 saturated carbocycles. The number of pyridine rings is 1. The fourth-order valence-electron chi connectivity index (χ4n) is 2.59. The number of ether oxygens (including phenoxy) is 1. The molecule has 1 saturated heterocycles. The van der Waals surface area contributed by atoms with E-state index >= 15 is 0 Å². The van der Waals surface area contributed by atoms with Crippen molar-refractivity contribution >= 4 is 5.82 Å². The Morgan fingerprint density at radius 2 is 2.05 bits per heavy atom. The van der Waals surface area contributed by atoms with Gasteiger partial charge in [-0.2, -0.15) is 0 Å². The van der Waals surface area contributed by atoms with Gasteiger partial charge in [-0.15, -0.1) is 0 Å². The van der Waals surface area contributed by atoms with E-state index in [0.717, 1.165) is 49.7 Å². The zero-order chi connectivity index (χ0) is 14.5. The molecule has 0 amide bonds. The van der Waals surface area contributed by atoms with Crippen LogP contribution in [-0.2, 0) is 11.3 Å². The Morgan fingerprint density at radius 1 is 1.35 bits per heavy atom. The first-order valence-corrected chi connectivity index (χ1v) is 7.50. The van der Waals surface area contributed by atoms with Crippen molar-refractivity contribution in [2.45, 2.75) is 39.2 Å². The van der Waals surface area contributed by atoms with Crippen molar-refractivity contribution in [3.8, 4) is 0 Å². The Kier molecular flexibility index (Phi) is 5.38. The third-order valence-corrected chi connectivity index (χ3v) is 3.93. The maximum absolute atomic E-state index is 9.41. The minimum absolute atomic E-state index is 0.0698. The third-order valence-electron chi connectivity index (χ3n) is 3.93. The smallest absolute Gasteiger partial charge is 0.128 e. The highest BCUT2D eigenvalue weighted by molar-refractivity contribution is 5.42. The van der Waals surface area contributed by atoms with Crippen molar-refractivity contribution in [1.29, 1.82) is 0 Å². The number of nitrogens with zero attached hydrogens (tertiary/aromatic N) is 2. The maximum atomic E-state index is 9.41. The van der Waals surface area contributed by atoms with Gasteiger partial charge in [0.05, 0.1) is 6.61 Å². The molecule has 0 bridgehead atoms. The number of aliphatic hydroxyl groups excluding tert-OH is 1. The van der Waals surface area contributed by atoms with Crippen molar-refractivity contribution in [2.75, 3.05) is 31.7 Å². The highest BCUT2D eigenvalue weighted by Crippen LogP contribution is 2.22. The molecule has 0 aliphatic carbocycles. The van der Waals surface area contributed by atoms with E-state index in [9.17, 15) is 5.11 Å². The van der Waals surface area contributed by atoms with Crippen LogP contribution >= 0.6 is 0 Å². The van der Waals surface area contributed by atoms with E-state index in [0.29, 0.717) is 11.8 Å². The Balaban J connectivity index is 2.11. The average molecular weight is 278 g/mol. The summed E-state index contributed by atoms with van der Waals surface area (Å²) in [4.78, 5) is 6.94. The predicted molar refractivity (Wildman–Crippen MR) is 81.1 cm³/mol. The van der Waals surface area contributed by atoms with Crippen LogP contribution in [0.5, 0.6) is 0 Å². The lowest BCUT2D eigenvalue weighted by Gasteiger charge is -2.28. The highest BCUT2D eigenvalue weighted by Gasteiger charge is 2.17. The number of aliphatic hydroxyl groups is 1. The van der Waals surface area contributed by atoms with E-state index in [-0.39, 0.29) is 6.61 Å². The Hall–Kier alpha value is -1.13. The third kappa shape index (κ3) is 3.93. The Labute approximate surface area is 121 Å². The van der Waals surface area contributed by atoms with E-state index in [1.165, 1.54) is 0 Å². The summed E-state index contributed by atoms with van der Waals surface area (Å²) in [5.74, 6) is 2.01. The summed E-state index contributed by atoms with van der Waals surface area (Å²) in [6.45, 7) is 7.08. The molecule has 20 heavy (non-hydrogen) atoms. The van der Waals surface area contributed by atoms with Crippen molar-refractivity contribution < 1.29 is 9.84 Å². The predicted octanol–water partition coefficient (Wildman–Crippen LogP) is 2.56. The molecule has 1 aromatic heterocycles. The molecule has 4 heteroatoms. The van der Waals surface area contributed by atoms with Crippen LogP contribution in [0.3, 0.4) is 0 Å².